The van der Waals surface area contributed by atoms with Crippen molar-refractivity contribution in [3.8, 4) is 23.0 Å². The minimum absolute atomic E-state index is 0. The average Bonchev–Trinajstić information content (AvgIpc) is 2.86. The fraction of sp³-hybridized carbons (Fsp3) is 0.294. The normalized spacial score (nSPS) is 10.7. The molecule has 0 aliphatic carbocycles. The minimum atomic E-state index is -0.151. The van der Waals surface area contributed by atoms with Crippen molar-refractivity contribution in [1.82, 2.24) is 0 Å². The molecule has 0 saturated carbocycles. The van der Waals surface area contributed by atoms with Crippen LogP contribution in [0.25, 0.3) is 0 Å². The Labute approximate surface area is 228 Å². The van der Waals surface area contributed by atoms with Crippen molar-refractivity contribution in [3.63, 3.8) is 0 Å². The number of hydrogen-bond donors (Lipinski definition) is 4. The van der Waals surface area contributed by atoms with Crippen LogP contribution in [0.5, 0.6) is 23.0 Å². The largest absolute Gasteiger partial charge is 0.508 e. The number of aromatic hydroxyl groups is 4. The van der Waals surface area contributed by atoms with Crippen LogP contribution in [0.15, 0.2) is 97.1 Å². The van der Waals surface area contributed by atoms with Gasteiger partial charge in [0.05, 0.1) is 0 Å². The number of hydrogen-bond acceptors (Lipinski definition) is 4. The van der Waals surface area contributed by atoms with E-state index in [0.29, 0.717) is 0 Å². The summed E-state index contributed by atoms with van der Waals surface area (Å²) in [6.45, 7) is 12.7. The van der Waals surface area contributed by atoms with Crippen LogP contribution < -0.4 is 0 Å². The molecule has 0 atom stereocenters. The van der Waals surface area contributed by atoms with Crippen molar-refractivity contribution >= 4 is 0 Å². The highest BCUT2D eigenvalue weighted by molar-refractivity contribution is 5.42. The fourth-order valence-electron chi connectivity index (χ4n) is 3.85. The molecule has 0 aliphatic rings. The van der Waals surface area contributed by atoms with Gasteiger partial charge in [-0.05, 0) is 70.8 Å². The smallest absolute Gasteiger partial charge is 0.115 e. The Balaban J connectivity index is 0.000000337. The van der Waals surface area contributed by atoms with Gasteiger partial charge in [0.25, 0.3) is 0 Å². The molecule has 0 unspecified atom stereocenters. The van der Waals surface area contributed by atoms with E-state index in [2.05, 4.69) is 41.5 Å². The SMILES string of the molecule is C.CC(C)(c1ccc(O)cc1)c1ccc(O)cc1.CC(C)(c1ccc(O)cc1)c1ccc(O)cc1.CCC. The van der Waals surface area contributed by atoms with Crippen molar-refractivity contribution < 1.29 is 20.4 Å². The first-order chi connectivity index (χ1) is 17.4. The van der Waals surface area contributed by atoms with Crippen LogP contribution in [-0.2, 0) is 10.8 Å². The lowest BCUT2D eigenvalue weighted by Crippen LogP contribution is -2.18. The Morgan fingerprint density at radius 2 is 0.526 bits per heavy atom. The second-order valence-electron chi connectivity index (χ2n) is 10.1. The lowest BCUT2D eigenvalue weighted by atomic mass is 9.78. The van der Waals surface area contributed by atoms with E-state index < -0.39 is 0 Å². The van der Waals surface area contributed by atoms with Gasteiger partial charge in [0.1, 0.15) is 23.0 Å². The Hall–Kier alpha value is -3.92. The molecule has 204 valence electrons. The second-order valence-corrected chi connectivity index (χ2v) is 10.1. The third kappa shape index (κ3) is 8.58. The zero-order valence-electron chi connectivity index (χ0n) is 22.7. The minimum Gasteiger partial charge on any atom is -0.508 e. The van der Waals surface area contributed by atoms with Crippen molar-refractivity contribution in [1.29, 1.82) is 0 Å². The fourth-order valence-corrected chi connectivity index (χ4v) is 3.85. The number of phenols is 4. The van der Waals surface area contributed by atoms with E-state index in [1.54, 1.807) is 48.5 Å². The molecule has 4 nitrogen and oxygen atoms in total. The highest BCUT2D eigenvalue weighted by atomic mass is 16.3. The Morgan fingerprint density at radius 1 is 0.395 bits per heavy atom. The molecule has 4 N–H and O–H groups in total. The zero-order valence-corrected chi connectivity index (χ0v) is 22.7. The van der Waals surface area contributed by atoms with Crippen molar-refractivity contribution in [3.05, 3.63) is 119 Å². The molecule has 4 aromatic carbocycles. The van der Waals surface area contributed by atoms with Crippen LogP contribution >= 0.6 is 0 Å². The third-order valence-corrected chi connectivity index (χ3v) is 6.36. The second kappa shape index (κ2) is 14.1. The summed E-state index contributed by atoms with van der Waals surface area (Å²) >= 11 is 0. The number of phenolic OH excluding ortho intramolecular Hbond substituents is 4. The monoisotopic (exact) mass is 516 g/mol. The van der Waals surface area contributed by atoms with Crippen molar-refractivity contribution in [2.75, 3.05) is 0 Å². The molecule has 0 aromatic heterocycles. The Bertz CT molecular complexity index is 1010. The standard InChI is InChI=1S/2C15H16O2.C3H8.CH4/c2*1-15(2,11-3-7-13(16)8-4-11)12-5-9-14(17)10-6-12;1-3-2;/h2*3-10,16-17H,1-2H3;3H2,1-2H3;1H4. The van der Waals surface area contributed by atoms with Gasteiger partial charge in [-0.25, -0.2) is 0 Å². The first-order valence-corrected chi connectivity index (χ1v) is 12.6. The molecule has 38 heavy (non-hydrogen) atoms. The molecule has 4 aromatic rings. The summed E-state index contributed by atoms with van der Waals surface area (Å²) in [4.78, 5) is 0. The Morgan fingerprint density at radius 3 is 0.658 bits per heavy atom. The van der Waals surface area contributed by atoms with E-state index in [9.17, 15) is 20.4 Å². The maximum absolute atomic E-state index is 9.30. The average molecular weight is 517 g/mol. The van der Waals surface area contributed by atoms with Crippen molar-refractivity contribution in [2.45, 2.75) is 66.2 Å². The molecular formula is C34H44O4. The molecule has 4 rings (SSSR count). The molecule has 0 spiro atoms. The molecule has 0 amide bonds. The quantitative estimate of drug-likeness (QED) is 0.218. The Kier molecular flexibility index (Phi) is 11.9. The van der Waals surface area contributed by atoms with E-state index in [-0.39, 0.29) is 41.3 Å². The summed E-state index contributed by atoms with van der Waals surface area (Å²) in [6, 6.07) is 28.9. The maximum Gasteiger partial charge on any atom is 0.115 e. The number of benzene rings is 4. The van der Waals surface area contributed by atoms with Gasteiger partial charge >= 0.3 is 0 Å². The van der Waals surface area contributed by atoms with Gasteiger partial charge in [-0.2, -0.15) is 0 Å². The molecule has 0 aliphatic heterocycles. The summed E-state index contributed by atoms with van der Waals surface area (Å²) in [7, 11) is 0. The van der Waals surface area contributed by atoms with E-state index in [4.69, 9.17) is 0 Å². The maximum atomic E-state index is 9.30. The topological polar surface area (TPSA) is 80.9 Å². The van der Waals surface area contributed by atoms with Gasteiger partial charge in [0, 0.05) is 10.8 Å². The molecule has 0 fully saturated rings. The van der Waals surface area contributed by atoms with E-state index in [1.807, 2.05) is 48.5 Å². The van der Waals surface area contributed by atoms with Crippen LogP contribution in [0.4, 0.5) is 0 Å². The van der Waals surface area contributed by atoms with E-state index in [1.165, 1.54) is 6.42 Å². The van der Waals surface area contributed by atoms with Gasteiger partial charge in [-0.15, -0.1) is 0 Å². The molecule has 0 heterocycles. The predicted molar refractivity (Wildman–Crippen MR) is 159 cm³/mol. The highest BCUT2D eigenvalue weighted by Gasteiger charge is 2.23. The zero-order chi connectivity index (χ0) is 27.6. The lowest BCUT2D eigenvalue weighted by molar-refractivity contribution is 0.473. The van der Waals surface area contributed by atoms with Gasteiger partial charge in [0.15, 0.2) is 0 Å². The first-order valence-electron chi connectivity index (χ1n) is 12.6. The summed E-state index contributed by atoms with van der Waals surface area (Å²) in [5.41, 5.74) is 4.20. The molecule has 0 saturated heterocycles. The lowest BCUT2D eigenvalue weighted by Gasteiger charge is -2.26. The molecular weight excluding hydrogens is 472 g/mol. The summed E-state index contributed by atoms with van der Waals surface area (Å²) < 4.78 is 0. The van der Waals surface area contributed by atoms with Crippen LogP contribution in [0.3, 0.4) is 0 Å². The van der Waals surface area contributed by atoms with Gasteiger partial charge in [-0.3, -0.25) is 0 Å². The van der Waals surface area contributed by atoms with Gasteiger partial charge in [0.2, 0.25) is 0 Å². The van der Waals surface area contributed by atoms with E-state index in [0.717, 1.165) is 22.3 Å². The van der Waals surface area contributed by atoms with Crippen LogP contribution in [-0.4, -0.2) is 20.4 Å². The summed E-state index contributed by atoms with van der Waals surface area (Å²) in [6.07, 6.45) is 1.25. The predicted octanol–water partition coefficient (Wildman–Crippen LogP) is 8.90. The molecule has 4 heteroatoms. The van der Waals surface area contributed by atoms with Gasteiger partial charge in [-0.1, -0.05) is 104 Å². The third-order valence-electron chi connectivity index (χ3n) is 6.36. The number of rotatable bonds is 4. The molecule has 0 radical (unpaired) electrons. The highest BCUT2D eigenvalue weighted by Crippen LogP contribution is 2.34. The van der Waals surface area contributed by atoms with Crippen LogP contribution in [0.2, 0.25) is 0 Å². The molecule has 0 bridgehead atoms. The van der Waals surface area contributed by atoms with Crippen LogP contribution in [0, 0.1) is 0 Å². The van der Waals surface area contributed by atoms with Crippen LogP contribution in [0.1, 0.15) is 77.6 Å². The first kappa shape index (κ1) is 32.1. The summed E-state index contributed by atoms with van der Waals surface area (Å²) in [5, 5.41) is 37.2. The summed E-state index contributed by atoms with van der Waals surface area (Å²) in [5.74, 6) is 1.09. The van der Waals surface area contributed by atoms with E-state index >= 15 is 0 Å². The van der Waals surface area contributed by atoms with Crippen molar-refractivity contribution in [2.24, 2.45) is 0 Å². The van der Waals surface area contributed by atoms with Gasteiger partial charge < -0.3 is 20.4 Å².